The van der Waals surface area contributed by atoms with E-state index in [1.54, 1.807) is 0 Å². The lowest BCUT2D eigenvalue weighted by Crippen LogP contribution is -2.36. The highest BCUT2D eigenvalue weighted by Gasteiger charge is 2.35. The third-order valence-electron chi connectivity index (χ3n) is 2.56. The van der Waals surface area contributed by atoms with E-state index in [1.807, 2.05) is 5.10 Å². The van der Waals surface area contributed by atoms with Crippen LogP contribution in [0.3, 0.4) is 0 Å². The highest BCUT2D eigenvalue weighted by atomic mass is 35.6. The molecule has 116 valence electrons. The number of hydrogen-bond donors (Lipinski definition) is 1. The van der Waals surface area contributed by atoms with Crippen molar-refractivity contribution in [2.45, 2.75) is 3.79 Å². The molecule has 0 spiro atoms. The number of alkyl halides is 3. The van der Waals surface area contributed by atoms with E-state index in [9.17, 15) is 24.5 Å². The molecule has 22 heavy (non-hydrogen) atoms. The van der Waals surface area contributed by atoms with E-state index >= 15 is 0 Å². The third kappa shape index (κ3) is 2.91. The predicted molar refractivity (Wildman–Crippen MR) is 78.2 cm³/mol. The van der Waals surface area contributed by atoms with Crippen molar-refractivity contribution in [3.05, 3.63) is 55.3 Å². The van der Waals surface area contributed by atoms with Gasteiger partial charge in [0.1, 0.15) is 0 Å². The highest BCUT2D eigenvalue weighted by molar-refractivity contribution is 6.76. The van der Waals surface area contributed by atoms with Crippen molar-refractivity contribution in [2.75, 3.05) is 0 Å². The van der Waals surface area contributed by atoms with Crippen molar-refractivity contribution in [3.63, 3.8) is 0 Å². The largest absolute Gasteiger partial charge is 0.359 e. The first kappa shape index (κ1) is 16.3. The fourth-order valence-electron chi connectivity index (χ4n) is 1.60. The number of aromatic amines is 1. The van der Waals surface area contributed by atoms with E-state index in [0.717, 1.165) is 12.1 Å². The minimum absolute atomic E-state index is 0.00715. The predicted octanol–water partition coefficient (Wildman–Crippen LogP) is 1.25. The minimum atomic E-state index is -2.44. The minimum Gasteiger partial charge on any atom is -0.267 e. The lowest BCUT2D eigenvalue weighted by Gasteiger charge is -2.07. The maximum atomic E-state index is 12.1. The number of carbonyl (C=O) groups excluding carboxylic acids is 1. The van der Waals surface area contributed by atoms with Crippen LogP contribution in [-0.4, -0.2) is 29.0 Å². The zero-order valence-electron chi connectivity index (χ0n) is 10.3. The van der Waals surface area contributed by atoms with E-state index in [-0.39, 0.29) is 16.1 Å². The Balaban J connectivity index is 2.57. The molecule has 0 saturated carbocycles. The van der Waals surface area contributed by atoms with Gasteiger partial charge in [-0.15, -0.1) is 0 Å². The Bertz CT molecular complexity index is 858. The third-order valence-corrected chi connectivity index (χ3v) is 3.04. The maximum absolute atomic E-state index is 12.1. The summed E-state index contributed by atoms with van der Waals surface area (Å²) in [6.07, 6.45) is 0. The number of rotatable bonds is 2. The van der Waals surface area contributed by atoms with Gasteiger partial charge in [0, 0.05) is 12.1 Å². The van der Waals surface area contributed by atoms with Gasteiger partial charge in [-0.1, -0.05) is 34.8 Å². The van der Waals surface area contributed by atoms with Gasteiger partial charge in [0.05, 0.1) is 10.6 Å². The molecule has 0 radical (unpaired) electrons. The first-order valence-corrected chi connectivity index (χ1v) is 6.56. The Morgan fingerprint density at radius 2 is 1.73 bits per heavy atom. The molecular weight excluding hydrogens is 362 g/mol. The molecule has 0 aliphatic rings. The number of halogens is 3. The molecular formula is C10H5Cl3N4O5. The number of carbonyl (C=O) groups is 1. The van der Waals surface area contributed by atoms with Crippen LogP contribution in [0.4, 0.5) is 5.69 Å². The lowest BCUT2D eigenvalue weighted by atomic mass is 10.3. The summed E-state index contributed by atoms with van der Waals surface area (Å²) >= 11 is 16.1. The SMILES string of the molecule is O=C(n1[nH]c(=O)n(-c2ccc([N+](=O)[O-])cc2)c1=O)C(Cl)(Cl)Cl. The average molecular weight is 368 g/mol. The summed E-state index contributed by atoms with van der Waals surface area (Å²) in [5.41, 5.74) is -2.30. The molecule has 0 amide bonds. The van der Waals surface area contributed by atoms with Gasteiger partial charge in [0.25, 0.3) is 9.48 Å². The van der Waals surface area contributed by atoms with E-state index in [2.05, 4.69) is 0 Å². The van der Waals surface area contributed by atoms with Crippen LogP contribution in [-0.2, 0) is 0 Å². The Labute approximate surface area is 135 Å². The Hall–Kier alpha value is -2.10. The highest BCUT2D eigenvalue weighted by Crippen LogP contribution is 2.27. The van der Waals surface area contributed by atoms with Crippen molar-refractivity contribution in [1.82, 2.24) is 14.3 Å². The van der Waals surface area contributed by atoms with Gasteiger partial charge in [-0.2, -0.15) is 4.68 Å². The number of non-ortho nitro benzene ring substituents is 1. The summed E-state index contributed by atoms with van der Waals surface area (Å²) < 4.78 is -1.62. The van der Waals surface area contributed by atoms with E-state index in [0.29, 0.717) is 4.57 Å². The van der Waals surface area contributed by atoms with Crippen LogP contribution in [0.15, 0.2) is 33.9 Å². The number of nitrogens with zero attached hydrogens (tertiary/aromatic N) is 3. The second kappa shape index (κ2) is 5.59. The van der Waals surface area contributed by atoms with Crippen LogP contribution in [0.1, 0.15) is 4.79 Å². The fraction of sp³-hybridized carbons (Fsp3) is 0.100. The van der Waals surface area contributed by atoms with Crippen molar-refractivity contribution in [1.29, 1.82) is 0 Å². The zero-order valence-corrected chi connectivity index (χ0v) is 12.6. The first-order chi connectivity index (χ1) is 10.1. The smallest absolute Gasteiger partial charge is 0.267 e. The van der Waals surface area contributed by atoms with Crippen molar-refractivity contribution in [2.24, 2.45) is 0 Å². The summed E-state index contributed by atoms with van der Waals surface area (Å²) in [5.74, 6) is -1.26. The van der Waals surface area contributed by atoms with Crippen molar-refractivity contribution >= 4 is 46.4 Å². The number of aromatic nitrogens is 3. The molecule has 2 rings (SSSR count). The summed E-state index contributed by atoms with van der Waals surface area (Å²) in [7, 11) is 0. The first-order valence-electron chi connectivity index (χ1n) is 5.43. The van der Waals surface area contributed by atoms with Crippen LogP contribution < -0.4 is 11.4 Å². The van der Waals surface area contributed by atoms with Gasteiger partial charge >= 0.3 is 17.3 Å². The number of nitro groups is 1. The summed E-state index contributed by atoms with van der Waals surface area (Å²) in [6.45, 7) is 0. The average Bonchev–Trinajstić information content (AvgIpc) is 2.72. The molecule has 0 atom stereocenters. The summed E-state index contributed by atoms with van der Waals surface area (Å²) in [6, 6.07) is 4.52. The molecule has 0 saturated heterocycles. The molecule has 2 aromatic rings. The Morgan fingerprint density at radius 3 is 2.18 bits per heavy atom. The maximum Gasteiger partial charge on any atom is 0.359 e. The number of hydrogen-bond acceptors (Lipinski definition) is 5. The normalized spacial score (nSPS) is 11.4. The van der Waals surface area contributed by atoms with Gasteiger partial charge in [-0.3, -0.25) is 14.9 Å². The second-order valence-corrected chi connectivity index (χ2v) is 6.23. The van der Waals surface area contributed by atoms with Gasteiger partial charge in [-0.05, 0) is 12.1 Å². The monoisotopic (exact) mass is 366 g/mol. The van der Waals surface area contributed by atoms with E-state index < -0.39 is 26.0 Å². The van der Waals surface area contributed by atoms with Crippen molar-refractivity contribution in [3.8, 4) is 5.69 Å². The van der Waals surface area contributed by atoms with Gasteiger partial charge < -0.3 is 0 Å². The van der Waals surface area contributed by atoms with Gasteiger partial charge in [0.2, 0.25) is 0 Å². The fourth-order valence-corrected chi connectivity index (χ4v) is 1.85. The Morgan fingerprint density at radius 1 is 1.18 bits per heavy atom. The molecule has 1 heterocycles. The van der Waals surface area contributed by atoms with E-state index in [1.165, 1.54) is 12.1 Å². The summed E-state index contributed by atoms with van der Waals surface area (Å²) in [5, 5.41) is 12.5. The lowest BCUT2D eigenvalue weighted by molar-refractivity contribution is -0.384. The summed E-state index contributed by atoms with van der Waals surface area (Å²) in [4.78, 5) is 45.5. The van der Waals surface area contributed by atoms with Crippen LogP contribution in [0.2, 0.25) is 0 Å². The van der Waals surface area contributed by atoms with Crippen LogP contribution in [0, 0.1) is 10.1 Å². The molecule has 0 aliphatic carbocycles. The van der Waals surface area contributed by atoms with Crippen molar-refractivity contribution < 1.29 is 9.72 Å². The molecule has 12 heteroatoms. The number of nitro benzene ring substituents is 1. The zero-order chi connectivity index (χ0) is 16.7. The van der Waals surface area contributed by atoms with E-state index in [4.69, 9.17) is 34.8 Å². The Kier molecular flexibility index (Phi) is 4.14. The topological polar surface area (TPSA) is 120 Å². The molecule has 1 N–H and O–H groups in total. The quantitative estimate of drug-likeness (QED) is 0.486. The second-order valence-electron chi connectivity index (χ2n) is 3.95. The van der Waals surface area contributed by atoms with Crippen LogP contribution in [0.5, 0.6) is 0 Å². The number of nitrogens with one attached hydrogen (secondary N) is 1. The molecule has 9 nitrogen and oxygen atoms in total. The van der Waals surface area contributed by atoms with Gasteiger partial charge in [0.15, 0.2) is 0 Å². The molecule has 0 aliphatic heterocycles. The molecule has 1 aromatic heterocycles. The van der Waals surface area contributed by atoms with Crippen LogP contribution >= 0.6 is 34.8 Å². The molecule has 0 bridgehead atoms. The molecule has 1 aromatic carbocycles. The van der Waals surface area contributed by atoms with Crippen LogP contribution in [0.25, 0.3) is 5.69 Å². The van der Waals surface area contributed by atoms with Gasteiger partial charge in [-0.25, -0.2) is 19.3 Å². The standard InChI is InChI=1S/C10H5Cl3N4O5/c11-10(12,13)7(18)16-9(20)15(8(19)14-16)5-1-3-6(4-2-5)17(21)22/h1-4H,(H,14,19). The molecule has 0 fully saturated rings. The molecule has 0 unspecified atom stereocenters. The number of benzene rings is 1. The number of H-pyrrole nitrogens is 1.